The Morgan fingerprint density at radius 2 is 1.80 bits per heavy atom. The fraction of sp³-hybridized carbons (Fsp3) is 0. The van der Waals surface area contributed by atoms with Crippen LogP contribution in [0.15, 0.2) is 86.7 Å². The standard InChI is InChI=1S/C21H13N3O4S2/c22-13-14(20(25)24-21-23-17-8-4-5-9-18(17)29-21)12-15-10-11-19(28-15)30(26,27)16-6-2-1-3-7-16/h1-12H,(H,23,24,25). The number of aromatic nitrogens is 1. The molecule has 0 aliphatic rings. The number of hydrogen-bond acceptors (Lipinski definition) is 7. The molecule has 2 heterocycles. The van der Waals surface area contributed by atoms with Crippen LogP contribution in [0.3, 0.4) is 0 Å². The highest BCUT2D eigenvalue weighted by Crippen LogP contribution is 2.26. The molecular formula is C21H13N3O4S2. The second-order valence-corrected chi connectivity index (χ2v) is 9.00. The Labute approximate surface area is 175 Å². The smallest absolute Gasteiger partial charge is 0.268 e. The van der Waals surface area contributed by atoms with Crippen LogP contribution in [0.2, 0.25) is 0 Å². The molecule has 1 amide bonds. The third kappa shape index (κ3) is 3.87. The lowest BCUT2D eigenvalue weighted by atomic mass is 10.2. The summed E-state index contributed by atoms with van der Waals surface area (Å²) in [5, 5.41) is 12.0. The van der Waals surface area contributed by atoms with Crippen molar-refractivity contribution < 1.29 is 17.6 Å². The predicted molar refractivity (Wildman–Crippen MR) is 112 cm³/mol. The van der Waals surface area contributed by atoms with Crippen molar-refractivity contribution in [2.75, 3.05) is 5.32 Å². The summed E-state index contributed by atoms with van der Waals surface area (Å²) in [7, 11) is -3.83. The number of benzene rings is 2. The molecule has 9 heteroatoms. The zero-order valence-electron chi connectivity index (χ0n) is 15.3. The maximum atomic E-state index is 12.6. The first kappa shape index (κ1) is 19.6. The SMILES string of the molecule is N#CC(=Cc1ccc(S(=O)(=O)c2ccccc2)o1)C(=O)Nc1nc2ccccc2s1. The maximum Gasteiger partial charge on any atom is 0.268 e. The molecule has 148 valence electrons. The van der Waals surface area contributed by atoms with Crippen LogP contribution in [0.5, 0.6) is 0 Å². The van der Waals surface area contributed by atoms with E-state index < -0.39 is 15.7 Å². The van der Waals surface area contributed by atoms with E-state index in [-0.39, 0.29) is 21.3 Å². The molecular weight excluding hydrogens is 422 g/mol. The van der Waals surface area contributed by atoms with E-state index in [1.54, 1.807) is 24.3 Å². The number of thiazole rings is 1. The fourth-order valence-electron chi connectivity index (χ4n) is 2.65. The van der Waals surface area contributed by atoms with E-state index in [0.29, 0.717) is 5.13 Å². The van der Waals surface area contributed by atoms with Crippen molar-refractivity contribution in [3.8, 4) is 6.07 Å². The lowest BCUT2D eigenvalue weighted by Gasteiger charge is -2.00. The number of carbonyl (C=O) groups excluding carboxylic acids is 1. The van der Waals surface area contributed by atoms with Crippen molar-refractivity contribution in [3.05, 3.63) is 78.1 Å². The van der Waals surface area contributed by atoms with Gasteiger partial charge in [-0.05, 0) is 36.4 Å². The Bertz CT molecular complexity index is 1380. The molecule has 0 bridgehead atoms. The molecule has 0 atom stereocenters. The summed E-state index contributed by atoms with van der Waals surface area (Å²) >= 11 is 1.28. The fourth-order valence-corrected chi connectivity index (χ4v) is 4.71. The number of nitrogens with zero attached hydrogens (tertiary/aromatic N) is 2. The minimum Gasteiger partial charge on any atom is -0.445 e. The number of amides is 1. The van der Waals surface area contributed by atoms with Gasteiger partial charge in [0.05, 0.1) is 15.1 Å². The van der Waals surface area contributed by atoms with E-state index in [4.69, 9.17) is 4.42 Å². The van der Waals surface area contributed by atoms with Crippen molar-refractivity contribution in [2.45, 2.75) is 9.99 Å². The van der Waals surface area contributed by atoms with Crippen molar-refractivity contribution in [3.63, 3.8) is 0 Å². The maximum absolute atomic E-state index is 12.6. The van der Waals surface area contributed by atoms with Crippen LogP contribution in [0.4, 0.5) is 5.13 Å². The second-order valence-electron chi connectivity index (χ2n) is 6.08. The summed E-state index contributed by atoms with van der Waals surface area (Å²) in [6.07, 6.45) is 1.19. The molecule has 7 nitrogen and oxygen atoms in total. The zero-order chi connectivity index (χ0) is 21.1. The highest BCUT2D eigenvalue weighted by molar-refractivity contribution is 7.91. The van der Waals surface area contributed by atoms with E-state index in [0.717, 1.165) is 10.2 Å². The summed E-state index contributed by atoms with van der Waals surface area (Å²) in [5.41, 5.74) is 0.495. The van der Waals surface area contributed by atoms with E-state index in [9.17, 15) is 18.5 Å². The first-order valence-corrected chi connectivity index (χ1v) is 11.0. The first-order valence-electron chi connectivity index (χ1n) is 8.66. The van der Waals surface area contributed by atoms with Gasteiger partial charge in [0.15, 0.2) is 5.13 Å². The lowest BCUT2D eigenvalue weighted by molar-refractivity contribution is -0.112. The van der Waals surface area contributed by atoms with Crippen LogP contribution in [-0.4, -0.2) is 19.3 Å². The van der Waals surface area contributed by atoms with E-state index in [2.05, 4.69) is 10.3 Å². The van der Waals surface area contributed by atoms with Gasteiger partial charge in [-0.25, -0.2) is 13.4 Å². The summed E-state index contributed by atoms with van der Waals surface area (Å²) in [6, 6.07) is 19.7. The summed E-state index contributed by atoms with van der Waals surface area (Å²) < 4.78 is 31.5. The zero-order valence-corrected chi connectivity index (χ0v) is 16.9. The predicted octanol–water partition coefficient (Wildman–Crippen LogP) is 4.27. The summed E-state index contributed by atoms with van der Waals surface area (Å²) in [5.74, 6) is -0.596. The molecule has 4 aromatic rings. The minimum atomic E-state index is -3.83. The molecule has 0 radical (unpaired) electrons. The Kier molecular flexibility index (Phi) is 5.18. The van der Waals surface area contributed by atoms with Gasteiger partial charge in [-0.2, -0.15) is 5.26 Å². The number of fused-ring (bicyclic) bond motifs is 1. The van der Waals surface area contributed by atoms with Gasteiger partial charge in [-0.15, -0.1) is 0 Å². The molecule has 0 saturated carbocycles. The van der Waals surface area contributed by atoms with Gasteiger partial charge in [0.25, 0.3) is 5.91 Å². The topological polar surface area (TPSA) is 113 Å². The van der Waals surface area contributed by atoms with Gasteiger partial charge in [-0.1, -0.05) is 41.7 Å². The normalized spacial score (nSPS) is 11.9. The third-order valence-corrected chi connectivity index (χ3v) is 6.68. The van der Waals surface area contributed by atoms with Crippen LogP contribution in [-0.2, 0) is 14.6 Å². The molecule has 4 rings (SSSR count). The molecule has 2 aromatic carbocycles. The molecule has 0 saturated heterocycles. The number of anilines is 1. The second kappa shape index (κ2) is 7.94. The number of nitriles is 1. The van der Waals surface area contributed by atoms with Gasteiger partial charge in [0.1, 0.15) is 17.4 Å². The molecule has 2 aromatic heterocycles. The Balaban J connectivity index is 1.57. The van der Waals surface area contributed by atoms with Gasteiger partial charge in [0.2, 0.25) is 14.9 Å². The molecule has 30 heavy (non-hydrogen) atoms. The average molecular weight is 435 g/mol. The van der Waals surface area contributed by atoms with Crippen LogP contribution >= 0.6 is 11.3 Å². The molecule has 0 spiro atoms. The first-order chi connectivity index (χ1) is 14.5. The monoisotopic (exact) mass is 435 g/mol. The summed E-state index contributed by atoms with van der Waals surface area (Å²) in [6.45, 7) is 0. The van der Waals surface area contributed by atoms with Crippen molar-refractivity contribution in [1.82, 2.24) is 4.98 Å². The van der Waals surface area contributed by atoms with Crippen molar-refractivity contribution in [1.29, 1.82) is 5.26 Å². The Morgan fingerprint density at radius 1 is 1.07 bits per heavy atom. The van der Waals surface area contributed by atoms with E-state index in [1.807, 2.05) is 24.3 Å². The number of para-hydroxylation sites is 1. The third-order valence-electron chi connectivity index (χ3n) is 4.09. The van der Waals surface area contributed by atoms with Crippen molar-refractivity contribution in [2.24, 2.45) is 0 Å². The molecule has 0 fully saturated rings. The largest absolute Gasteiger partial charge is 0.445 e. The van der Waals surface area contributed by atoms with Gasteiger partial charge >= 0.3 is 0 Å². The van der Waals surface area contributed by atoms with E-state index in [1.165, 1.54) is 41.7 Å². The number of hydrogen-bond donors (Lipinski definition) is 1. The Morgan fingerprint density at radius 3 is 2.53 bits per heavy atom. The van der Waals surface area contributed by atoms with Crippen molar-refractivity contribution >= 4 is 48.5 Å². The lowest BCUT2D eigenvalue weighted by Crippen LogP contribution is -2.13. The van der Waals surface area contributed by atoms with E-state index >= 15 is 0 Å². The van der Waals surface area contributed by atoms with Crippen LogP contribution in [0, 0.1) is 11.3 Å². The quantitative estimate of drug-likeness (QED) is 0.370. The van der Waals surface area contributed by atoms with Crippen LogP contribution in [0.25, 0.3) is 16.3 Å². The highest BCUT2D eigenvalue weighted by atomic mass is 32.2. The number of sulfone groups is 1. The molecule has 0 aliphatic carbocycles. The number of nitrogens with one attached hydrogen (secondary N) is 1. The number of carbonyl (C=O) groups is 1. The summed E-state index contributed by atoms with van der Waals surface area (Å²) in [4.78, 5) is 16.8. The average Bonchev–Trinajstić information content (AvgIpc) is 3.39. The molecule has 0 unspecified atom stereocenters. The van der Waals surface area contributed by atoms with Gasteiger partial charge < -0.3 is 4.42 Å². The van der Waals surface area contributed by atoms with Crippen LogP contribution < -0.4 is 5.32 Å². The number of rotatable bonds is 5. The van der Waals surface area contributed by atoms with Gasteiger partial charge in [0, 0.05) is 6.08 Å². The molecule has 0 aliphatic heterocycles. The van der Waals surface area contributed by atoms with Crippen LogP contribution in [0.1, 0.15) is 5.76 Å². The van der Waals surface area contributed by atoms with Gasteiger partial charge in [-0.3, -0.25) is 10.1 Å². The minimum absolute atomic E-state index is 0.0699. The number of furan rings is 1. The highest BCUT2D eigenvalue weighted by Gasteiger charge is 2.21. The Hall–Kier alpha value is -3.74. The molecule has 1 N–H and O–H groups in total.